The quantitative estimate of drug-likeness (QED) is 0.102. The predicted octanol–water partition coefficient (Wildman–Crippen LogP) is 8.21. The number of nitrogens with zero attached hydrogens (tertiary/aromatic N) is 11. The lowest BCUT2D eigenvalue weighted by Crippen LogP contribution is -2.46. The number of aromatic nitrogens is 8. The highest BCUT2D eigenvalue weighted by Crippen LogP contribution is 2.33. The van der Waals surface area contributed by atoms with E-state index in [1.807, 2.05) is 34.0 Å². The summed E-state index contributed by atoms with van der Waals surface area (Å²) >= 11 is 0. The van der Waals surface area contributed by atoms with Crippen LogP contribution in [0.1, 0.15) is 88.5 Å². The summed E-state index contributed by atoms with van der Waals surface area (Å²) in [7, 11) is 0. The molecule has 11 rings (SSSR count). The smallest absolute Gasteiger partial charge is 0.262 e. The Morgan fingerprint density at radius 3 is 2.18 bits per heavy atom. The third kappa shape index (κ3) is 9.70. The lowest BCUT2D eigenvalue weighted by Gasteiger charge is -2.35. The number of nitrogens with one attached hydrogen (secondary N) is 3. The van der Waals surface area contributed by atoms with Crippen LogP contribution < -0.4 is 21.1 Å². The Balaban J connectivity index is 0.762. The van der Waals surface area contributed by atoms with Gasteiger partial charge in [-0.2, -0.15) is 15.3 Å². The number of carbonyl (C=O) groups is 2. The zero-order valence-electron chi connectivity index (χ0n) is 40.7. The first-order valence-corrected chi connectivity index (χ1v) is 24.9. The number of carbonyl (C=O) groups excluding carboxylic acids is 2. The first-order chi connectivity index (χ1) is 34.6. The summed E-state index contributed by atoms with van der Waals surface area (Å²) in [5.41, 5.74) is 13.7. The van der Waals surface area contributed by atoms with Crippen LogP contribution in [0.5, 0.6) is 0 Å². The Morgan fingerprint density at radius 2 is 1.42 bits per heavy atom. The van der Waals surface area contributed by atoms with Gasteiger partial charge < -0.3 is 15.5 Å². The molecule has 16 heteroatoms. The fourth-order valence-electron chi connectivity index (χ4n) is 10.4. The van der Waals surface area contributed by atoms with Crippen molar-refractivity contribution in [3.05, 3.63) is 167 Å². The van der Waals surface area contributed by atoms with Gasteiger partial charge in [0.25, 0.3) is 11.8 Å². The van der Waals surface area contributed by atoms with Crippen molar-refractivity contribution in [2.24, 2.45) is 11.8 Å². The fraction of sp³-hybridized carbons (Fsp3) is 0.327. The minimum absolute atomic E-state index is 0.0323. The lowest BCUT2D eigenvalue weighted by atomic mass is 9.89. The van der Waals surface area contributed by atoms with Crippen molar-refractivity contribution >= 4 is 34.6 Å². The van der Waals surface area contributed by atoms with Crippen molar-refractivity contribution in [2.75, 3.05) is 43.0 Å². The molecule has 2 saturated heterocycles. The zero-order chi connectivity index (χ0) is 48.6. The number of anilines is 2. The van der Waals surface area contributed by atoms with Crippen molar-refractivity contribution in [1.29, 1.82) is 0 Å². The minimum Gasteiger partial charge on any atom is -0.307 e. The van der Waals surface area contributed by atoms with Crippen molar-refractivity contribution in [2.45, 2.75) is 71.9 Å². The summed E-state index contributed by atoms with van der Waals surface area (Å²) in [6.07, 6.45) is 14.6. The summed E-state index contributed by atoms with van der Waals surface area (Å²) in [5.74, 6) is 2.07. The molecule has 0 spiro atoms. The van der Waals surface area contributed by atoms with E-state index in [1.54, 1.807) is 46.1 Å². The SMILES string of the molecule is Cc1ccc(N2NC(C3CCN(Cc4cccc(-c5ccnc6c(C(=O)Nc7cc(C8CCN(CC(C)C)CC8)nn7-c7ccc(C)cc7)cnn56)c4)CC3)C=C2NC(=O)c2cnn3cccnc23)cc1. The number of benzene rings is 3. The third-order valence-electron chi connectivity index (χ3n) is 14.2. The molecule has 0 saturated carbocycles. The van der Waals surface area contributed by atoms with Gasteiger partial charge in [-0.05, 0) is 132 Å². The van der Waals surface area contributed by atoms with Gasteiger partial charge in [0.1, 0.15) is 22.8 Å². The molecule has 8 aromatic rings. The molecule has 1 atom stereocenters. The van der Waals surface area contributed by atoms with Crippen LogP contribution in [0.25, 0.3) is 28.2 Å². The molecule has 2 amide bonds. The van der Waals surface area contributed by atoms with Crippen LogP contribution >= 0.6 is 0 Å². The molecule has 16 nitrogen and oxygen atoms in total. The van der Waals surface area contributed by atoms with Crippen molar-refractivity contribution in [3.8, 4) is 16.9 Å². The molecular formula is C55H60N14O2. The van der Waals surface area contributed by atoms with Crippen LogP contribution in [0.3, 0.4) is 0 Å². The maximum Gasteiger partial charge on any atom is 0.262 e. The number of fused-ring (bicyclic) bond motifs is 2. The van der Waals surface area contributed by atoms with E-state index in [4.69, 9.17) is 10.2 Å². The van der Waals surface area contributed by atoms with Crippen LogP contribution in [0.2, 0.25) is 0 Å². The van der Waals surface area contributed by atoms with E-state index >= 15 is 0 Å². The van der Waals surface area contributed by atoms with Gasteiger partial charge in [-0.1, -0.05) is 67.4 Å². The molecule has 5 aromatic heterocycles. The highest BCUT2D eigenvalue weighted by molar-refractivity contribution is 6.08. The topological polar surface area (TPSA) is 158 Å². The number of rotatable bonds is 13. The second-order valence-electron chi connectivity index (χ2n) is 19.8. The van der Waals surface area contributed by atoms with E-state index in [1.165, 1.54) is 5.56 Å². The average Bonchev–Trinajstić information content (AvgIpc) is 4.21. The van der Waals surface area contributed by atoms with Crippen LogP contribution in [0.4, 0.5) is 11.5 Å². The molecule has 3 N–H and O–H groups in total. The third-order valence-corrected chi connectivity index (χ3v) is 14.2. The Hall–Kier alpha value is -7.53. The molecule has 0 radical (unpaired) electrons. The number of likely N-dealkylation sites (tertiary alicyclic amines) is 2. The molecule has 71 heavy (non-hydrogen) atoms. The summed E-state index contributed by atoms with van der Waals surface area (Å²) in [6, 6.07) is 30.9. The van der Waals surface area contributed by atoms with E-state index in [0.717, 1.165) is 104 Å². The molecule has 3 aliphatic heterocycles. The first-order valence-electron chi connectivity index (χ1n) is 24.9. The summed E-state index contributed by atoms with van der Waals surface area (Å²) in [5, 5.41) is 22.5. The van der Waals surface area contributed by atoms with Crippen LogP contribution in [0, 0.1) is 25.7 Å². The monoisotopic (exact) mass is 949 g/mol. The van der Waals surface area contributed by atoms with E-state index < -0.39 is 0 Å². The summed E-state index contributed by atoms with van der Waals surface area (Å²) < 4.78 is 5.23. The van der Waals surface area contributed by atoms with E-state index in [0.29, 0.717) is 51.8 Å². The highest BCUT2D eigenvalue weighted by Gasteiger charge is 2.34. The van der Waals surface area contributed by atoms with Gasteiger partial charge >= 0.3 is 0 Å². The standard InChI is InChI=1S/C55H60N14O2/c1-36(2)34-64-25-18-40(19-26-64)47-31-51(68(62-47)44-15-11-38(4)12-16-44)61-55(71)46-33-59-69-49(17-23-57-53(46)69)42-8-5-7-39(29-42)35-65-27-20-41(21-28-65)48-30-50(67(63-48)43-13-9-37(3)10-14-43)60-54(70)45-32-58-66-24-6-22-56-52(45)66/h5-17,22-24,29-33,36,40-41,48,63H,18-21,25-28,34-35H2,1-4H3,(H,60,70)(H,61,71). The summed E-state index contributed by atoms with van der Waals surface area (Å²) in [4.78, 5) is 42.0. The summed E-state index contributed by atoms with van der Waals surface area (Å²) in [6.45, 7) is 14.5. The number of hydrogen-bond acceptors (Lipinski definition) is 11. The Bertz CT molecular complexity index is 3230. The number of piperidine rings is 2. The molecule has 2 fully saturated rings. The second-order valence-corrected chi connectivity index (χ2v) is 19.8. The van der Waals surface area contributed by atoms with Gasteiger partial charge in [0, 0.05) is 49.2 Å². The maximum atomic E-state index is 14.2. The van der Waals surface area contributed by atoms with Gasteiger partial charge in [-0.25, -0.2) is 29.1 Å². The molecule has 0 aliphatic carbocycles. The molecule has 1 unspecified atom stereocenters. The zero-order valence-corrected chi connectivity index (χ0v) is 40.7. The highest BCUT2D eigenvalue weighted by atomic mass is 16.2. The molecule has 362 valence electrons. The number of hydrazine groups is 1. The van der Waals surface area contributed by atoms with Crippen LogP contribution in [-0.2, 0) is 6.54 Å². The van der Waals surface area contributed by atoms with Gasteiger partial charge in [0.2, 0.25) is 0 Å². The average molecular weight is 949 g/mol. The minimum atomic E-state index is -0.290. The van der Waals surface area contributed by atoms with Crippen molar-refractivity contribution < 1.29 is 9.59 Å². The Kier molecular flexibility index (Phi) is 12.7. The molecule has 3 aromatic carbocycles. The van der Waals surface area contributed by atoms with Crippen LogP contribution in [0.15, 0.2) is 134 Å². The van der Waals surface area contributed by atoms with Gasteiger partial charge in [0.05, 0.1) is 41.2 Å². The van der Waals surface area contributed by atoms with Gasteiger partial charge in [-0.3, -0.25) is 19.5 Å². The van der Waals surface area contributed by atoms with Crippen molar-refractivity contribution in [3.63, 3.8) is 0 Å². The first kappa shape index (κ1) is 45.9. The van der Waals surface area contributed by atoms with E-state index in [9.17, 15) is 9.59 Å². The number of aryl methyl sites for hydroxylation is 2. The molecule has 3 aliphatic rings. The van der Waals surface area contributed by atoms with Crippen molar-refractivity contribution in [1.82, 2.24) is 59.5 Å². The number of hydrogen-bond donors (Lipinski definition) is 3. The Morgan fingerprint density at radius 1 is 0.732 bits per heavy atom. The van der Waals surface area contributed by atoms with E-state index in [2.05, 4.69) is 135 Å². The lowest BCUT2D eigenvalue weighted by molar-refractivity contribution is 0.0965. The van der Waals surface area contributed by atoms with Gasteiger partial charge in [0.15, 0.2) is 11.3 Å². The molecule has 0 bridgehead atoms. The van der Waals surface area contributed by atoms with E-state index in [-0.39, 0.29) is 17.9 Å². The largest absolute Gasteiger partial charge is 0.307 e. The number of amides is 2. The molecular weight excluding hydrogens is 889 g/mol. The fourth-order valence-corrected chi connectivity index (χ4v) is 10.4. The second kappa shape index (κ2) is 19.7. The molecule has 8 heterocycles. The van der Waals surface area contributed by atoms with Crippen LogP contribution in [-0.4, -0.2) is 99.4 Å². The maximum absolute atomic E-state index is 14.2. The van der Waals surface area contributed by atoms with Gasteiger partial charge in [-0.15, -0.1) is 0 Å². The predicted molar refractivity (Wildman–Crippen MR) is 275 cm³/mol. The normalized spacial score (nSPS) is 17.4. The Labute approximate surface area is 413 Å².